The number of aliphatic hydroxyl groups is 1. The van der Waals surface area contributed by atoms with Gasteiger partial charge in [0, 0.05) is 19.4 Å². The van der Waals surface area contributed by atoms with Crippen LogP contribution < -0.4 is 16.6 Å². The van der Waals surface area contributed by atoms with Gasteiger partial charge in [-0.2, -0.15) is 0 Å². The van der Waals surface area contributed by atoms with Crippen LogP contribution in [0.2, 0.25) is 0 Å². The average molecular weight is 465 g/mol. The van der Waals surface area contributed by atoms with E-state index in [2.05, 4.69) is 0 Å². The van der Waals surface area contributed by atoms with E-state index in [-0.39, 0.29) is 0 Å². The summed E-state index contributed by atoms with van der Waals surface area (Å²) >= 11 is 0. The van der Waals surface area contributed by atoms with Crippen LogP contribution in [0.1, 0.15) is 20.1 Å². The molecule has 1 aliphatic rings. The Morgan fingerprint density at radius 2 is 2.00 bits per heavy atom. The second kappa shape index (κ2) is 9.85. The number of aromatic nitrogens is 2. The number of nitrogens with zero attached hydrogens (tertiary/aromatic N) is 1. The molecule has 0 aromatic carbocycles. The maximum atomic E-state index is 12.7. The van der Waals surface area contributed by atoms with Crippen molar-refractivity contribution >= 4 is 19.5 Å². The highest BCUT2D eigenvalue weighted by Crippen LogP contribution is 2.51. The van der Waals surface area contributed by atoms with E-state index in [9.17, 15) is 28.6 Å². The Hall–Kier alpha value is -2.35. The first kappa shape index (κ1) is 24.9. The van der Waals surface area contributed by atoms with Crippen molar-refractivity contribution in [1.29, 1.82) is 0 Å². The first-order valence-electron chi connectivity index (χ1n) is 9.07. The van der Waals surface area contributed by atoms with Gasteiger partial charge in [0.2, 0.25) is 0 Å². The molecule has 1 aromatic heterocycles. The van der Waals surface area contributed by atoms with Crippen LogP contribution >= 0.6 is 7.60 Å². The maximum absolute atomic E-state index is 12.7. The fourth-order valence-electron chi connectivity index (χ4n) is 2.80. The Morgan fingerprint density at radius 3 is 2.48 bits per heavy atom. The van der Waals surface area contributed by atoms with Crippen LogP contribution in [-0.2, 0) is 28.2 Å². The lowest BCUT2D eigenvalue weighted by atomic mass is 10.1. The fraction of sp³-hybridized carbons (Fsp3) is 0.625. The van der Waals surface area contributed by atoms with E-state index in [1.807, 2.05) is 10.3 Å². The molecular formula is C16H24N3O11P. The molecule has 6 atom stereocenters. The number of aromatic amines is 1. The number of amides is 1. The van der Waals surface area contributed by atoms with Crippen molar-refractivity contribution in [3.8, 4) is 0 Å². The van der Waals surface area contributed by atoms with Crippen molar-refractivity contribution < 1.29 is 43.3 Å². The van der Waals surface area contributed by atoms with Crippen molar-refractivity contribution in [3.05, 3.63) is 33.1 Å². The van der Waals surface area contributed by atoms with Gasteiger partial charge in [-0.25, -0.2) is 9.59 Å². The number of nitrogens with one attached hydrogen (secondary N) is 2. The molecule has 2 unspecified atom stereocenters. The zero-order valence-corrected chi connectivity index (χ0v) is 17.7. The molecule has 2 heterocycles. The Balaban J connectivity index is 2.47. The molecule has 1 aromatic rings. The first-order valence-corrected chi connectivity index (χ1v) is 10.7. The lowest BCUT2D eigenvalue weighted by Gasteiger charge is -2.27. The lowest BCUT2D eigenvalue weighted by molar-refractivity contribution is -0.147. The van der Waals surface area contributed by atoms with Gasteiger partial charge in [0.05, 0.1) is 12.3 Å². The van der Waals surface area contributed by atoms with Crippen LogP contribution in [0.25, 0.3) is 0 Å². The molecule has 1 amide bonds. The van der Waals surface area contributed by atoms with Crippen LogP contribution in [0.15, 0.2) is 21.9 Å². The SMILES string of the molecule is CO[C@H]1C(OP(=O)(O)C(C)C)[C@@H](C(=O)N[C@H](CO)C(=O)O)O[C@H]1n1ccc(=O)[nH]c1=O. The zero-order valence-electron chi connectivity index (χ0n) is 16.8. The Bertz CT molecular complexity index is 974. The molecule has 31 heavy (non-hydrogen) atoms. The molecule has 5 N–H and O–H groups in total. The average Bonchev–Trinajstić information content (AvgIpc) is 3.02. The Labute approximate surface area is 175 Å². The predicted molar refractivity (Wildman–Crippen MR) is 103 cm³/mol. The number of rotatable bonds is 9. The number of H-pyrrole nitrogens is 1. The van der Waals surface area contributed by atoms with E-state index in [4.69, 9.17) is 24.2 Å². The second-order valence-electron chi connectivity index (χ2n) is 6.97. The molecule has 0 spiro atoms. The smallest absolute Gasteiger partial charge is 0.331 e. The standard InChI is InChI=1S/C16H24N3O11P/c1-7(2)31(26,27)30-10-11(13(22)17-8(6-20)15(23)24)29-14(12(10)28-3)19-5-4-9(21)18-16(19)25/h4-5,7-8,10-12,14,20H,6H2,1-3H3,(H,17,22)(H,23,24)(H,26,27)(H,18,21,25)/t8-,10?,11+,12+,14-/m1/s1. The number of carboxylic acids is 1. The molecule has 1 saturated heterocycles. The van der Waals surface area contributed by atoms with E-state index >= 15 is 0 Å². The molecule has 14 nitrogen and oxygen atoms in total. The van der Waals surface area contributed by atoms with Crippen LogP contribution in [0, 0.1) is 0 Å². The summed E-state index contributed by atoms with van der Waals surface area (Å²) in [6, 6.07) is -0.670. The number of hydrogen-bond acceptors (Lipinski definition) is 9. The number of aliphatic hydroxyl groups excluding tert-OH is 1. The van der Waals surface area contributed by atoms with Gasteiger partial charge >= 0.3 is 19.3 Å². The van der Waals surface area contributed by atoms with Crippen molar-refractivity contribution in [3.63, 3.8) is 0 Å². The summed E-state index contributed by atoms with van der Waals surface area (Å²) < 4.78 is 29.5. The topological polar surface area (TPSA) is 206 Å². The van der Waals surface area contributed by atoms with Gasteiger partial charge in [0.1, 0.15) is 18.2 Å². The number of carbonyl (C=O) groups excluding carboxylic acids is 1. The monoisotopic (exact) mass is 465 g/mol. The quantitative estimate of drug-likeness (QED) is 0.252. The predicted octanol–water partition coefficient (Wildman–Crippen LogP) is -2.01. The highest BCUT2D eigenvalue weighted by Gasteiger charge is 2.53. The maximum Gasteiger partial charge on any atom is 0.331 e. The molecule has 2 rings (SSSR count). The van der Waals surface area contributed by atoms with E-state index in [0.29, 0.717) is 0 Å². The summed E-state index contributed by atoms with van der Waals surface area (Å²) in [4.78, 5) is 59.5. The molecule has 1 fully saturated rings. The largest absolute Gasteiger partial charge is 0.480 e. The summed E-state index contributed by atoms with van der Waals surface area (Å²) in [5, 5.41) is 20.2. The van der Waals surface area contributed by atoms with Gasteiger partial charge in [-0.05, 0) is 0 Å². The van der Waals surface area contributed by atoms with E-state index < -0.39 is 73.6 Å². The van der Waals surface area contributed by atoms with Gasteiger partial charge in [-0.15, -0.1) is 0 Å². The van der Waals surface area contributed by atoms with Crippen molar-refractivity contribution in [2.24, 2.45) is 0 Å². The molecule has 0 saturated carbocycles. The van der Waals surface area contributed by atoms with E-state index in [1.54, 1.807) is 0 Å². The lowest BCUT2D eigenvalue weighted by Crippen LogP contribution is -2.51. The van der Waals surface area contributed by atoms with Crippen LogP contribution in [-0.4, -0.2) is 80.3 Å². The second-order valence-corrected chi connectivity index (χ2v) is 9.35. The van der Waals surface area contributed by atoms with Crippen LogP contribution in [0.5, 0.6) is 0 Å². The third kappa shape index (κ3) is 5.47. The highest BCUT2D eigenvalue weighted by molar-refractivity contribution is 7.53. The molecule has 174 valence electrons. The summed E-state index contributed by atoms with van der Waals surface area (Å²) in [7, 11) is -3.11. The summed E-state index contributed by atoms with van der Waals surface area (Å²) in [5.41, 5.74) is -2.47. The fourth-order valence-corrected chi connectivity index (χ4v) is 3.63. The van der Waals surface area contributed by atoms with E-state index in [1.165, 1.54) is 21.0 Å². The highest BCUT2D eigenvalue weighted by atomic mass is 31.2. The van der Waals surface area contributed by atoms with Gasteiger partial charge in [-0.1, -0.05) is 13.8 Å². The number of ether oxygens (including phenoxy) is 2. The summed E-state index contributed by atoms with van der Waals surface area (Å²) in [6.07, 6.45) is -4.82. The third-order valence-corrected chi connectivity index (χ3v) is 6.42. The number of carbonyl (C=O) groups is 2. The Morgan fingerprint density at radius 1 is 1.35 bits per heavy atom. The summed E-state index contributed by atoms with van der Waals surface area (Å²) in [6.45, 7) is 1.88. The molecule has 1 aliphatic heterocycles. The molecule has 0 bridgehead atoms. The normalized spacial score (nSPS) is 26.4. The van der Waals surface area contributed by atoms with Crippen molar-refractivity contribution in [2.45, 2.75) is 50.1 Å². The first-order chi connectivity index (χ1) is 14.4. The molecule has 0 aliphatic carbocycles. The minimum atomic E-state index is -4.29. The molecule has 0 radical (unpaired) electrons. The molecule has 15 heteroatoms. The van der Waals surface area contributed by atoms with Gasteiger partial charge < -0.3 is 29.9 Å². The molecular weight excluding hydrogens is 441 g/mol. The third-order valence-electron chi connectivity index (χ3n) is 4.57. The number of carboxylic acid groups (broad SMARTS) is 1. The minimum absolute atomic E-state index is 0.692. The van der Waals surface area contributed by atoms with Gasteiger partial charge in [-0.3, -0.25) is 28.2 Å². The van der Waals surface area contributed by atoms with Crippen molar-refractivity contribution in [1.82, 2.24) is 14.9 Å². The summed E-state index contributed by atoms with van der Waals surface area (Å²) in [5.74, 6) is -2.62. The van der Waals surface area contributed by atoms with Gasteiger partial charge in [0.15, 0.2) is 12.3 Å². The van der Waals surface area contributed by atoms with Crippen molar-refractivity contribution in [2.75, 3.05) is 13.7 Å². The zero-order chi connectivity index (χ0) is 23.5. The Kier molecular flexibility index (Phi) is 7.92. The number of hydrogen-bond donors (Lipinski definition) is 5. The van der Waals surface area contributed by atoms with E-state index in [0.717, 1.165) is 16.8 Å². The number of methoxy groups -OCH3 is 1. The number of aliphatic carboxylic acids is 1. The van der Waals surface area contributed by atoms with Crippen LogP contribution in [0.3, 0.4) is 0 Å². The van der Waals surface area contributed by atoms with Crippen LogP contribution in [0.4, 0.5) is 0 Å². The minimum Gasteiger partial charge on any atom is -0.480 e. The van der Waals surface area contributed by atoms with Gasteiger partial charge in [0.25, 0.3) is 11.5 Å².